The van der Waals surface area contributed by atoms with Gasteiger partial charge < -0.3 is 10.3 Å². The van der Waals surface area contributed by atoms with Crippen LogP contribution in [0.2, 0.25) is 5.15 Å². The molecule has 0 saturated heterocycles. The first kappa shape index (κ1) is 16.4. The second kappa shape index (κ2) is 6.65. The van der Waals surface area contributed by atoms with Crippen LogP contribution in [0.1, 0.15) is 6.92 Å². The van der Waals surface area contributed by atoms with Crippen molar-refractivity contribution in [3.63, 3.8) is 0 Å². The highest BCUT2D eigenvalue weighted by Crippen LogP contribution is 2.34. The zero-order valence-electron chi connectivity index (χ0n) is 14.1. The number of carbonyl (C=O) groups excluding carboxylic acids is 1. The number of anilines is 1. The minimum atomic E-state index is -0.110. The normalized spacial score (nSPS) is 10.8. The van der Waals surface area contributed by atoms with Crippen LogP contribution in [0.4, 0.5) is 5.69 Å². The molecular formula is C21H16ClN3O. The molecule has 2 N–H and O–H groups in total. The summed E-state index contributed by atoms with van der Waals surface area (Å²) in [5.74, 6) is -0.110. The van der Waals surface area contributed by atoms with Crippen molar-refractivity contribution in [1.29, 1.82) is 0 Å². The number of hydrogen-bond acceptors (Lipinski definition) is 2. The number of carbonyl (C=O) groups is 1. The zero-order valence-corrected chi connectivity index (χ0v) is 14.8. The molecule has 0 atom stereocenters. The predicted octanol–water partition coefficient (Wildman–Crippen LogP) is 5.51. The summed E-state index contributed by atoms with van der Waals surface area (Å²) in [5.41, 5.74) is 5.83. The SMILES string of the molecule is CC(=O)Nc1cc(-c2ccnc(Cl)c2)cc(-c2cccc3[nH]ccc23)c1. The van der Waals surface area contributed by atoms with Gasteiger partial charge >= 0.3 is 0 Å². The Kier molecular flexibility index (Phi) is 4.19. The van der Waals surface area contributed by atoms with Gasteiger partial charge in [-0.05, 0) is 64.7 Å². The van der Waals surface area contributed by atoms with Crippen LogP contribution in [0.5, 0.6) is 0 Å². The topological polar surface area (TPSA) is 57.8 Å². The third kappa shape index (κ3) is 3.19. The highest BCUT2D eigenvalue weighted by Gasteiger charge is 2.10. The Bertz CT molecular complexity index is 1120. The molecule has 4 rings (SSSR count). The molecule has 2 heterocycles. The van der Waals surface area contributed by atoms with Crippen molar-refractivity contribution >= 4 is 34.1 Å². The lowest BCUT2D eigenvalue weighted by atomic mass is 9.96. The number of halogens is 1. The summed E-state index contributed by atoms with van der Waals surface area (Å²) < 4.78 is 0. The van der Waals surface area contributed by atoms with Gasteiger partial charge in [0.1, 0.15) is 5.15 Å². The number of hydrogen-bond donors (Lipinski definition) is 2. The van der Waals surface area contributed by atoms with Crippen LogP contribution in [0, 0.1) is 0 Å². The monoisotopic (exact) mass is 361 g/mol. The molecule has 0 bridgehead atoms. The van der Waals surface area contributed by atoms with Crippen molar-refractivity contribution in [2.45, 2.75) is 6.92 Å². The van der Waals surface area contributed by atoms with Gasteiger partial charge in [-0.2, -0.15) is 0 Å². The number of nitrogens with one attached hydrogen (secondary N) is 2. The summed E-state index contributed by atoms with van der Waals surface area (Å²) in [6, 6.07) is 17.9. The highest BCUT2D eigenvalue weighted by atomic mass is 35.5. The van der Waals surface area contributed by atoms with Crippen LogP contribution in [-0.4, -0.2) is 15.9 Å². The first-order chi connectivity index (χ1) is 12.6. The van der Waals surface area contributed by atoms with E-state index in [1.165, 1.54) is 6.92 Å². The molecule has 0 spiro atoms. The Balaban J connectivity index is 1.93. The molecule has 0 aliphatic heterocycles. The fraction of sp³-hybridized carbons (Fsp3) is 0.0476. The summed E-state index contributed by atoms with van der Waals surface area (Å²) in [6.45, 7) is 1.50. The molecule has 2 aromatic carbocycles. The van der Waals surface area contributed by atoms with Crippen molar-refractivity contribution in [1.82, 2.24) is 9.97 Å². The fourth-order valence-electron chi connectivity index (χ4n) is 3.14. The number of benzene rings is 2. The van der Waals surface area contributed by atoms with Crippen molar-refractivity contribution in [3.05, 3.63) is 72.1 Å². The zero-order chi connectivity index (χ0) is 18.1. The lowest BCUT2D eigenvalue weighted by Crippen LogP contribution is -2.06. The van der Waals surface area contributed by atoms with Crippen molar-refractivity contribution < 1.29 is 4.79 Å². The smallest absolute Gasteiger partial charge is 0.221 e. The molecule has 128 valence electrons. The predicted molar refractivity (Wildman–Crippen MR) is 106 cm³/mol. The molecule has 0 fully saturated rings. The van der Waals surface area contributed by atoms with Crippen molar-refractivity contribution in [3.8, 4) is 22.3 Å². The van der Waals surface area contributed by atoms with Crippen LogP contribution in [0.3, 0.4) is 0 Å². The summed E-state index contributed by atoms with van der Waals surface area (Å²) in [4.78, 5) is 18.9. The van der Waals surface area contributed by atoms with E-state index in [2.05, 4.69) is 33.5 Å². The first-order valence-electron chi connectivity index (χ1n) is 8.21. The first-order valence-corrected chi connectivity index (χ1v) is 8.59. The Hall–Kier alpha value is -3.11. The van der Waals surface area contributed by atoms with E-state index in [1.54, 1.807) is 6.20 Å². The van der Waals surface area contributed by atoms with E-state index in [4.69, 9.17) is 11.6 Å². The van der Waals surface area contributed by atoms with Gasteiger partial charge in [0, 0.05) is 35.9 Å². The van der Waals surface area contributed by atoms with Gasteiger partial charge in [-0.15, -0.1) is 0 Å². The third-order valence-corrected chi connectivity index (χ3v) is 4.43. The van der Waals surface area contributed by atoms with Gasteiger partial charge in [0.2, 0.25) is 5.91 Å². The maximum Gasteiger partial charge on any atom is 0.221 e. The van der Waals surface area contributed by atoms with E-state index in [9.17, 15) is 4.79 Å². The second-order valence-corrected chi connectivity index (χ2v) is 6.48. The van der Waals surface area contributed by atoms with E-state index >= 15 is 0 Å². The van der Waals surface area contributed by atoms with Gasteiger partial charge in [-0.25, -0.2) is 4.98 Å². The van der Waals surface area contributed by atoms with E-state index < -0.39 is 0 Å². The van der Waals surface area contributed by atoms with E-state index in [-0.39, 0.29) is 5.91 Å². The number of rotatable bonds is 3. The molecule has 2 aromatic heterocycles. The van der Waals surface area contributed by atoms with Crippen LogP contribution < -0.4 is 5.32 Å². The Morgan fingerprint density at radius 3 is 2.69 bits per heavy atom. The second-order valence-electron chi connectivity index (χ2n) is 6.09. The Morgan fingerprint density at radius 2 is 1.88 bits per heavy atom. The molecule has 4 nitrogen and oxygen atoms in total. The fourth-order valence-corrected chi connectivity index (χ4v) is 3.32. The molecule has 0 aliphatic rings. The summed E-state index contributed by atoms with van der Waals surface area (Å²) in [7, 11) is 0. The van der Waals surface area contributed by atoms with E-state index in [1.807, 2.05) is 42.6 Å². The Labute approximate surface area is 155 Å². The summed E-state index contributed by atoms with van der Waals surface area (Å²) >= 11 is 6.05. The molecule has 0 saturated carbocycles. The number of pyridine rings is 1. The average molecular weight is 362 g/mol. The van der Waals surface area contributed by atoms with Crippen molar-refractivity contribution in [2.24, 2.45) is 0 Å². The average Bonchev–Trinajstić information content (AvgIpc) is 3.09. The molecule has 0 aliphatic carbocycles. The van der Waals surface area contributed by atoms with Gasteiger partial charge in [-0.3, -0.25) is 4.79 Å². The van der Waals surface area contributed by atoms with Crippen LogP contribution in [0.25, 0.3) is 33.2 Å². The van der Waals surface area contributed by atoms with Crippen LogP contribution in [0.15, 0.2) is 67.0 Å². The Morgan fingerprint density at radius 1 is 1.04 bits per heavy atom. The number of fused-ring (bicyclic) bond motifs is 1. The number of nitrogens with zero attached hydrogens (tertiary/aromatic N) is 1. The quantitative estimate of drug-likeness (QED) is 0.473. The number of amides is 1. The highest BCUT2D eigenvalue weighted by molar-refractivity contribution is 6.29. The lowest BCUT2D eigenvalue weighted by molar-refractivity contribution is -0.114. The van der Waals surface area contributed by atoms with E-state index in [0.717, 1.165) is 38.8 Å². The molecular weight excluding hydrogens is 346 g/mol. The van der Waals surface area contributed by atoms with Crippen LogP contribution in [-0.2, 0) is 4.79 Å². The maximum absolute atomic E-state index is 11.6. The number of aromatic nitrogens is 2. The number of H-pyrrole nitrogens is 1. The summed E-state index contributed by atoms with van der Waals surface area (Å²) in [5, 5.41) is 4.45. The molecule has 5 heteroatoms. The van der Waals surface area contributed by atoms with Gasteiger partial charge in [0.05, 0.1) is 0 Å². The standard InChI is InChI=1S/C21H16ClN3O/c1-13(26)25-17-10-15(14-5-7-24-21(22)12-14)9-16(11-17)18-3-2-4-20-19(18)6-8-23-20/h2-12,23H,1H3,(H,25,26). The number of aromatic amines is 1. The lowest BCUT2D eigenvalue weighted by Gasteiger charge is -2.12. The van der Waals surface area contributed by atoms with Gasteiger partial charge in [0.25, 0.3) is 0 Å². The van der Waals surface area contributed by atoms with E-state index in [0.29, 0.717) is 5.15 Å². The van der Waals surface area contributed by atoms with Crippen LogP contribution >= 0.6 is 11.6 Å². The molecule has 1 amide bonds. The molecule has 26 heavy (non-hydrogen) atoms. The maximum atomic E-state index is 11.6. The van der Waals surface area contributed by atoms with Gasteiger partial charge in [-0.1, -0.05) is 23.7 Å². The van der Waals surface area contributed by atoms with Crippen molar-refractivity contribution in [2.75, 3.05) is 5.32 Å². The third-order valence-electron chi connectivity index (χ3n) is 4.22. The molecule has 0 radical (unpaired) electrons. The van der Waals surface area contributed by atoms with Gasteiger partial charge in [0.15, 0.2) is 0 Å². The summed E-state index contributed by atoms with van der Waals surface area (Å²) in [6.07, 6.45) is 3.60. The minimum absolute atomic E-state index is 0.110. The molecule has 0 unspecified atom stereocenters. The largest absolute Gasteiger partial charge is 0.361 e. The minimum Gasteiger partial charge on any atom is -0.361 e. The molecule has 4 aromatic rings.